The molecular formula is C22H27NO4. The van der Waals surface area contributed by atoms with Crippen LogP contribution in [0.15, 0.2) is 54.6 Å². The Hall–Kier alpha value is -2.53. The average molecular weight is 369 g/mol. The molecule has 144 valence electrons. The minimum absolute atomic E-state index is 0.279. The van der Waals surface area contributed by atoms with Crippen LogP contribution in [0.1, 0.15) is 25.8 Å². The molecule has 5 nitrogen and oxygen atoms in total. The molecule has 2 aromatic rings. The van der Waals surface area contributed by atoms with E-state index in [2.05, 4.69) is 17.0 Å². The summed E-state index contributed by atoms with van der Waals surface area (Å²) in [6.07, 6.45) is 0.746. The molecular weight excluding hydrogens is 342 g/mol. The minimum Gasteiger partial charge on any atom is -0.490 e. The molecule has 0 N–H and O–H groups in total. The molecule has 0 amide bonds. The highest BCUT2D eigenvalue weighted by Gasteiger charge is 2.42. The Kier molecular flexibility index (Phi) is 6.35. The zero-order valence-corrected chi connectivity index (χ0v) is 16.0. The molecule has 0 spiro atoms. The monoisotopic (exact) mass is 369 g/mol. The van der Waals surface area contributed by atoms with Gasteiger partial charge >= 0.3 is 5.97 Å². The Labute approximate surface area is 160 Å². The number of hydrogen-bond donors (Lipinski definition) is 0. The molecule has 0 saturated carbocycles. The Morgan fingerprint density at radius 2 is 1.70 bits per heavy atom. The number of hydrogen-bond acceptors (Lipinski definition) is 5. The molecule has 1 aliphatic rings. The first-order valence-corrected chi connectivity index (χ1v) is 9.41. The summed E-state index contributed by atoms with van der Waals surface area (Å²) in [5.74, 6) is 1.10. The maximum Gasteiger partial charge on any atom is 0.303 e. The Morgan fingerprint density at radius 3 is 2.37 bits per heavy atom. The van der Waals surface area contributed by atoms with Crippen molar-refractivity contribution in [1.29, 1.82) is 0 Å². The lowest BCUT2D eigenvalue weighted by Crippen LogP contribution is -2.43. The van der Waals surface area contributed by atoms with E-state index in [-0.39, 0.29) is 5.97 Å². The average Bonchev–Trinajstić information content (AvgIpc) is 3.04. The van der Waals surface area contributed by atoms with Crippen molar-refractivity contribution in [2.24, 2.45) is 0 Å². The third-order valence-corrected chi connectivity index (χ3v) is 4.64. The highest BCUT2D eigenvalue weighted by atomic mass is 16.6. The predicted octanol–water partition coefficient (Wildman–Crippen LogP) is 3.67. The summed E-state index contributed by atoms with van der Waals surface area (Å²) in [6, 6.07) is 17.9. The molecule has 0 aromatic heterocycles. The Bertz CT molecular complexity index is 749. The van der Waals surface area contributed by atoms with Gasteiger partial charge in [0.25, 0.3) is 0 Å². The standard InChI is InChI=1S/C22H27NO4/c1-3-25-20-11-7-8-12-21(20)26-17-22(27-18(2)24)13-14-23(16-22)15-19-9-5-4-6-10-19/h4-12H,3,13-17H2,1-2H3. The van der Waals surface area contributed by atoms with Gasteiger partial charge in [0.05, 0.1) is 6.61 Å². The van der Waals surface area contributed by atoms with Gasteiger partial charge in [0, 0.05) is 33.0 Å². The van der Waals surface area contributed by atoms with E-state index in [1.54, 1.807) is 0 Å². The van der Waals surface area contributed by atoms with E-state index in [1.807, 2.05) is 49.4 Å². The number of para-hydroxylation sites is 2. The fraction of sp³-hybridized carbons (Fsp3) is 0.409. The molecule has 1 saturated heterocycles. The molecule has 1 aliphatic heterocycles. The van der Waals surface area contributed by atoms with Gasteiger partial charge in [0.2, 0.25) is 0 Å². The van der Waals surface area contributed by atoms with Crippen LogP contribution < -0.4 is 9.47 Å². The predicted molar refractivity (Wildman–Crippen MR) is 104 cm³/mol. The maximum atomic E-state index is 11.7. The second kappa shape index (κ2) is 8.91. The van der Waals surface area contributed by atoms with Crippen molar-refractivity contribution >= 4 is 5.97 Å². The topological polar surface area (TPSA) is 48.0 Å². The van der Waals surface area contributed by atoms with Crippen LogP contribution in [0.2, 0.25) is 0 Å². The van der Waals surface area contributed by atoms with Gasteiger partial charge in [-0.3, -0.25) is 9.69 Å². The Balaban J connectivity index is 1.68. The smallest absolute Gasteiger partial charge is 0.303 e. The summed E-state index contributed by atoms with van der Waals surface area (Å²) in [5.41, 5.74) is 0.610. The van der Waals surface area contributed by atoms with E-state index >= 15 is 0 Å². The van der Waals surface area contributed by atoms with Crippen molar-refractivity contribution in [3.63, 3.8) is 0 Å². The van der Waals surface area contributed by atoms with Gasteiger partial charge in [-0.1, -0.05) is 42.5 Å². The molecule has 1 unspecified atom stereocenters. The third kappa shape index (κ3) is 5.23. The normalized spacial score (nSPS) is 19.6. The number of benzene rings is 2. The first-order chi connectivity index (χ1) is 13.1. The first kappa shape index (κ1) is 19.2. The summed E-state index contributed by atoms with van der Waals surface area (Å²) in [4.78, 5) is 14.0. The van der Waals surface area contributed by atoms with Crippen LogP contribution in [0.4, 0.5) is 0 Å². The summed E-state index contributed by atoms with van der Waals surface area (Å²) in [5, 5.41) is 0. The van der Waals surface area contributed by atoms with Crippen LogP contribution >= 0.6 is 0 Å². The molecule has 2 aromatic carbocycles. The molecule has 0 radical (unpaired) electrons. The van der Waals surface area contributed by atoms with Crippen LogP contribution in [-0.2, 0) is 16.1 Å². The minimum atomic E-state index is -0.639. The molecule has 3 rings (SSSR count). The summed E-state index contributed by atoms with van der Waals surface area (Å²) < 4.78 is 17.4. The van der Waals surface area contributed by atoms with Crippen molar-refractivity contribution in [1.82, 2.24) is 4.90 Å². The summed E-state index contributed by atoms with van der Waals surface area (Å²) >= 11 is 0. The van der Waals surface area contributed by atoms with Crippen LogP contribution in [0.3, 0.4) is 0 Å². The van der Waals surface area contributed by atoms with Crippen molar-refractivity contribution in [2.45, 2.75) is 32.4 Å². The highest BCUT2D eigenvalue weighted by molar-refractivity contribution is 5.66. The van der Waals surface area contributed by atoms with Gasteiger partial charge < -0.3 is 14.2 Å². The van der Waals surface area contributed by atoms with Gasteiger partial charge in [-0.2, -0.15) is 0 Å². The Morgan fingerprint density at radius 1 is 1.04 bits per heavy atom. The number of nitrogens with zero attached hydrogens (tertiary/aromatic N) is 1. The van der Waals surface area contributed by atoms with Crippen molar-refractivity contribution in [3.8, 4) is 11.5 Å². The number of carbonyl (C=O) groups excluding carboxylic acids is 1. The molecule has 5 heteroatoms. The van der Waals surface area contributed by atoms with Gasteiger partial charge in [0.1, 0.15) is 6.61 Å². The third-order valence-electron chi connectivity index (χ3n) is 4.64. The van der Waals surface area contributed by atoms with Gasteiger partial charge in [-0.05, 0) is 24.6 Å². The quantitative estimate of drug-likeness (QED) is 0.665. The van der Waals surface area contributed by atoms with Crippen molar-refractivity contribution < 1.29 is 19.0 Å². The second-order valence-corrected chi connectivity index (χ2v) is 6.89. The van der Waals surface area contributed by atoms with Crippen LogP contribution in [-0.4, -0.2) is 42.8 Å². The number of carbonyl (C=O) groups is 1. The van der Waals surface area contributed by atoms with Crippen LogP contribution in [0.25, 0.3) is 0 Å². The fourth-order valence-corrected chi connectivity index (χ4v) is 3.49. The second-order valence-electron chi connectivity index (χ2n) is 6.89. The van der Waals surface area contributed by atoms with Crippen molar-refractivity contribution in [2.75, 3.05) is 26.3 Å². The zero-order valence-electron chi connectivity index (χ0n) is 16.0. The largest absolute Gasteiger partial charge is 0.490 e. The number of ether oxygens (including phenoxy) is 3. The number of esters is 1. The fourth-order valence-electron chi connectivity index (χ4n) is 3.49. The summed E-state index contributed by atoms with van der Waals surface area (Å²) in [7, 11) is 0. The number of likely N-dealkylation sites (tertiary alicyclic amines) is 1. The summed E-state index contributed by atoms with van der Waals surface area (Å²) in [6.45, 7) is 6.61. The molecule has 1 heterocycles. The SMILES string of the molecule is CCOc1ccccc1OCC1(OC(C)=O)CCN(Cc2ccccc2)C1. The molecule has 1 fully saturated rings. The molecule has 1 atom stereocenters. The highest BCUT2D eigenvalue weighted by Crippen LogP contribution is 2.31. The van der Waals surface area contributed by atoms with E-state index < -0.39 is 5.60 Å². The van der Waals surface area contributed by atoms with Gasteiger partial charge in [-0.25, -0.2) is 0 Å². The maximum absolute atomic E-state index is 11.7. The molecule has 27 heavy (non-hydrogen) atoms. The lowest BCUT2D eigenvalue weighted by Gasteiger charge is -2.29. The van der Waals surface area contributed by atoms with Crippen molar-refractivity contribution in [3.05, 3.63) is 60.2 Å². The molecule has 0 aliphatic carbocycles. The van der Waals surface area contributed by atoms with Gasteiger partial charge in [0.15, 0.2) is 17.1 Å². The van der Waals surface area contributed by atoms with E-state index in [0.717, 1.165) is 19.5 Å². The van der Waals surface area contributed by atoms with E-state index in [4.69, 9.17) is 14.2 Å². The number of rotatable bonds is 8. The van der Waals surface area contributed by atoms with E-state index in [1.165, 1.54) is 12.5 Å². The van der Waals surface area contributed by atoms with Gasteiger partial charge in [-0.15, -0.1) is 0 Å². The lowest BCUT2D eigenvalue weighted by atomic mass is 10.0. The van der Waals surface area contributed by atoms with E-state index in [9.17, 15) is 4.79 Å². The van der Waals surface area contributed by atoms with Crippen LogP contribution in [0.5, 0.6) is 11.5 Å². The van der Waals surface area contributed by atoms with Crippen LogP contribution in [0, 0.1) is 0 Å². The zero-order chi connectivity index (χ0) is 19.1. The lowest BCUT2D eigenvalue weighted by molar-refractivity contribution is -0.159. The molecule has 0 bridgehead atoms. The van der Waals surface area contributed by atoms with E-state index in [0.29, 0.717) is 31.3 Å². The first-order valence-electron chi connectivity index (χ1n) is 9.41.